The van der Waals surface area contributed by atoms with Crippen molar-refractivity contribution >= 4 is 22.6 Å². The topological polar surface area (TPSA) is 61.6 Å². The van der Waals surface area contributed by atoms with Crippen molar-refractivity contribution in [2.24, 2.45) is 0 Å². The molecule has 0 aliphatic carbocycles. The van der Waals surface area contributed by atoms with Crippen molar-refractivity contribution in [3.05, 3.63) is 71.1 Å². The highest BCUT2D eigenvalue weighted by atomic mass is 19.4. The molecule has 3 heterocycles. The average molecular weight is 470 g/mol. The van der Waals surface area contributed by atoms with E-state index in [4.69, 9.17) is 4.42 Å². The van der Waals surface area contributed by atoms with E-state index in [-0.39, 0.29) is 11.8 Å². The van der Waals surface area contributed by atoms with E-state index < -0.39 is 11.7 Å². The van der Waals surface area contributed by atoms with Crippen LogP contribution in [0.4, 0.5) is 13.2 Å². The van der Waals surface area contributed by atoms with E-state index in [9.17, 15) is 18.0 Å². The third-order valence-electron chi connectivity index (χ3n) is 6.35. The van der Waals surface area contributed by atoms with Crippen molar-refractivity contribution in [1.29, 1.82) is 0 Å². The molecular formula is C25H25F3N4O2. The lowest BCUT2D eigenvalue weighted by Crippen LogP contribution is -2.48. The Morgan fingerprint density at radius 3 is 2.50 bits per heavy atom. The summed E-state index contributed by atoms with van der Waals surface area (Å²) in [6.45, 7) is 4.58. The maximum Gasteiger partial charge on any atom is 0.416 e. The van der Waals surface area contributed by atoms with Crippen LogP contribution in [0.2, 0.25) is 0 Å². The van der Waals surface area contributed by atoms with E-state index in [1.807, 2.05) is 18.2 Å². The van der Waals surface area contributed by atoms with Crippen LogP contribution in [0.3, 0.4) is 0 Å². The zero-order valence-electron chi connectivity index (χ0n) is 18.6. The number of halogens is 3. The molecule has 1 aromatic heterocycles. The van der Waals surface area contributed by atoms with Gasteiger partial charge < -0.3 is 14.6 Å². The molecule has 0 bridgehead atoms. The molecule has 1 amide bonds. The van der Waals surface area contributed by atoms with Gasteiger partial charge in [-0.05, 0) is 53.9 Å². The first-order valence-corrected chi connectivity index (χ1v) is 11.4. The lowest BCUT2D eigenvalue weighted by atomic mass is 10.00. The summed E-state index contributed by atoms with van der Waals surface area (Å²) in [7, 11) is 0. The second-order valence-corrected chi connectivity index (χ2v) is 8.65. The minimum atomic E-state index is -4.33. The van der Waals surface area contributed by atoms with Crippen molar-refractivity contribution in [1.82, 2.24) is 20.1 Å². The average Bonchev–Trinajstić information content (AvgIpc) is 3.28. The maximum atomic E-state index is 13.0. The van der Waals surface area contributed by atoms with Gasteiger partial charge in [-0.2, -0.15) is 13.2 Å². The summed E-state index contributed by atoms with van der Waals surface area (Å²) in [4.78, 5) is 21.3. The van der Waals surface area contributed by atoms with Gasteiger partial charge in [0.25, 0.3) is 5.89 Å². The second kappa shape index (κ2) is 9.23. The van der Waals surface area contributed by atoms with Crippen LogP contribution < -0.4 is 5.32 Å². The highest BCUT2D eigenvalue weighted by Crippen LogP contribution is 2.29. The monoisotopic (exact) mass is 470 g/mol. The van der Waals surface area contributed by atoms with Crippen LogP contribution >= 0.6 is 0 Å². The molecule has 0 unspecified atom stereocenters. The predicted molar refractivity (Wildman–Crippen MR) is 122 cm³/mol. The molecule has 2 aromatic carbocycles. The molecule has 178 valence electrons. The predicted octanol–water partition coefficient (Wildman–Crippen LogP) is 4.18. The zero-order chi connectivity index (χ0) is 23.7. The van der Waals surface area contributed by atoms with Gasteiger partial charge in [0, 0.05) is 39.3 Å². The number of amides is 1. The third kappa shape index (κ3) is 4.85. The van der Waals surface area contributed by atoms with Gasteiger partial charge in [0.1, 0.15) is 5.52 Å². The maximum absolute atomic E-state index is 13.0. The number of carbonyl (C=O) groups is 1. The summed E-state index contributed by atoms with van der Waals surface area (Å²) in [6, 6.07) is 11.1. The smallest absolute Gasteiger partial charge is 0.416 e. The van der Waals surface area contributed by atoms with E-state index in [1.165, 1.54) is 17.7 Å². The van der Waals surface area contributed by atoms with Crippen LogP contribution in [0.15, 0.2) is 53.0 Å². The number of hydrogen-bond donors (Lipinski definition) is 1. The molecule has 1 saturated heterocycles. The number of piperazine rings is 1. The first-order chi connectivity index (χ1) is 16.4. The minimum Gasteiger partial charge on any atom is -0.432 e. The molecule has 34 heavy (non-hydrogen) atoms. The van der Waals surface area contributed by atoms with Crippen molar-refractivity contribution in [2.45, 2.75) is 19.1 Å². The Hall–Kier alpha value is -3.17. The van der Waals surface area contributed by atoms with Gasteiger partial charge in [-0.3, -0.25) is 9.69 Å². The summed E-state index contributed by atoms with van der Waals surface area (Å²) in [6.07, 6.45) is -1.21. The van der Waals surface area contributed by atoms with E-state index >= 15 is 0 Å². The molecule has 6 nitrogen and oxygen atoms in total. The Balaban J connectivity index is 1.20. The standard InChI is InChI=1S/C25H25F3N4O2/c26-25(27,28)20-4-1-17(2-5-20)16-31-11-13-32(14-12-31)24(33)23-30-21-15-19(3-6-22(21)34-23)18-7-9-29-10-8-18/h1-7,15,29H,8-14,16H2. The molecule has 0 saturated carbocycles. The first-order valence-electron chi connectivity index (χ1n) is 11.4. The molecule has 1 fully saturated rings. The van der Waals surface area contributed by atoms with Crippen molar-refractivity contribution in [3.63, 3.8) is 0 Å². The lowest BCUT2D eigenvalue weighted by Gasteiger charge is -2.34. The number of carbonyl (C=O) groups excluding carboxylic acids is 1. The van der Waals surface area contributed by atoms with Gasteiger partial charge >= 0.3 is 12.1 Å². The van der Waals surface area contributed by atoms with Gasteiger partial charge in [0.15, 0.2) is 5.58 Å². The fourth-order valence-electron chi connectivity index (χ4n) is 4.41. The molecule has 0 atom stereocenters. The van der Waals surface area contributed by atoms with Crippen LogP contribution in [-0.4, -0.2) is 60.0 Å². The molecule has 5 rings (SSSR count). The molecule has 3 aromatic rings. The summed E-state index contributed by atoms with van der Waals surface area (Å²) in [5.41, 5.74) is 3.78. The Bertz CT molecular complexity index is 1210. The highest BCUT2D eigenvalue weighted by molar-refractivity contribution is 5.93. The number of hydrogen-bond acceptors (Lipinski definition) is 5. The molecule has 1 N–H and O–H groups in total. The summed E-state index contributed by atoms with van der Waals surface area (Å²) >= 11 is 0. The van der Waals surface area contributed by atoms with Crippen molar-refractivity contribution in [3.8, 4) is 0 Å². The number of aromatic nitrogens is 1. The van der Waals surface area contributed by atoms with E-state index in [2.05, 4.69) is 21.3 Å². The molecular weight excluding hydrogens is 445 g/mol. The number of alkyl halides is 3. The number of rotatable bonds is 4. The number of nitrogens with one attached hydrogen (secondary N) is 1. The van der Waals surface area contributed by atoms with Crippen LogP contribution in [-0.2, 0) is 12.7 Å². The number of fused-ring (bicyclic) bond motifs is 1. The quantitative estimate of drug-likeness (QED) is 0.620. The van der Waals surface area contributed by atoms with Gasteiger partial charge in [-0.15, -0.1) is 0 Å². The van der Waals surface area contributed by atoms with Crippen LogP contribution in [0.5, 0.6) is 0 Å². The van der Waals surface area contributed by atoms with Gasteiger partial charge in [-0.25, -0.2) is 4.98 Å². The van der Waals surface area contributed by atoms with Crippen molar-refractivity contribution in [2.75, 3.05) is 39.3 Å². The Morgan fingerprint density at radius 1 is 1.06 bits per heavy atom. The van der Waals surface area contributed by atoms with Crippen LogP contribution in [0.25, 0.3) is 16.7 Å². The van der Waals surface area contributed by atoms with Crippen LogP contribution in [0, 0.1) is 0 Å². The number of oxazole rings is 1. The Labute approximate surface area is 195 Å². The van der Waals surface area contributed by atoms with Gasteiger partial charge in [0.2, 0.25) is 0 Å². The highest BCUT2D eigenvalue weighted by Gasteiger charge is 2.30. The van der Waals surface area contributed by atoms with Crippen molar-refractivity contribution < 1.29 is 22.4 Å². The van der Waals surface area contributed by atoms with Gasteiger partial charge in [0.05, 0.1) is 5.56 Å². The fraction of sp³-hybridized carbons (Fsp3) is 0.360. The van der Waals surface area contributed by atoms with E-state index in [0.29, 0.717) is 43.8 Å². The largest absolute Gasteiger partial charge is 0.432 e. The molecule has 2 aliphatic heterocycles. The van der Waals surface area contributed by atoms with Crippen LogP contribution in [0.1, 0.15) is 33.8 Å². The normalized spacial score (nSPS) is 17.7. The van der Waals surface area contributed by atoms with Gasteiger partial charge in [-0.1, -0.05) is 24.3 Å². The molecule has 0 radical (unpaired) electrons. The minimum absolute atomic E-state index is 0.0858. The molecule has 9 heteroatoms. The Morgan fingerprint density at radius 2 is 1.82 bits per heavy atom. The number of nitrogens with zero attached hydrogens (tertiary/aromatic N) is 3. The van der Waals surface area contributed by atoms with E-state index in [0.717, 1.165) is 42.8 Å². The second-order valence-electron chi connectivity index (χ2n) is 8.65. The summed E-state index contributed by atoms with van der Waals surface area (Å²) < 4.78 is 44.0. The Kier molecular flexibility index (Phi) is 6.14. The van der Waals surface area contributed by atoms with E-state index in [1.54, 1.807) is 4.90 Å². The third-order valence-corrected chi connectivity index (χ3v) is 6.35. The summed E-state index contributed by atoms with van der Waals surface area (Å²) in [5, 5.41) is 3.30. The zero-order valence-corrected chi connectivity index (χ0v) is 18.6. The SMILES string of the molecule is O=C(c1nc2cc(C3=CCNCC3)ccc2o1)N1CCN(Cc2ccc(C(F)(F)F)cc2)CC1. The first kappa shape index (κ1) is 22.6. The molecule has 0 spiro atoms. The lowest BCUT2D eigenvalue weighted by molar-refractivity contribution is -0.137. The summed E-state index contributed by atoms with van der Waals surface area (Å²) in [5.74, 6) is -0.157. The fourth-order valence-corrected chi connectivity index (χ4v) is 4.41. The molecule has 2 aliphatic rings. The number of benzene rings is 2.